The second kappa shape index (κ2) is 6.88. The van der Waals surface area contributed by atoms with Crippen LogP contribution in [0.2, 0.25) is 0 Å². The van der Waals surface area contributed by atoms with Crippen molar-refractivity contribution in [2.45, 2.75) is 18.2 Å². The highest BCUT2D eigenvalue weighted by Gasteiger charge is 2.21. The molecule has 0 fully saturated rings. The summed E-state index contributed by atoms with van der Waals surface area (Å²) < 4.78 is 46.0. The maximum absolute atomic E-state index is 13.6. The van der Waals surface area contributed by atoms with Crippen molar-refractivity contribution < 1.29 is 27.4 Å². The van der Waals surface area contributed by atoms with Gasteiger partial charge in [-0.05, 0) is 42.3 Å². The third kappa shape index (κ3) is 4.02. The summed E-state index contributed by atoms with van der Waals surface area (Å²) in [6, 6.07) is 8.02. The lowest BCUT2D eigenvalue weighted by Gasteiger charge is -2.13. The molecule has 2 rings (SSSR count). The van der Waals surface area contributed by atoms with Gasteiger partial charge in [-0.2, -0.15) is 0 Å². The number of nitrogens with one attached hydrogen (secondary N) is 1. The smallest absolute Gasteiger partial charge is 0.307 e. The molecule has 24 heavy (non-hydrogen) atoms. The van der Waals surface area contributed by atoms with E-state index in [1.807, 2.05) is 0 Å². The summed E-state index contributed by atoms with van der Waals surface area (Å²) in [4.78, 5) is 10.6. The molecule has 8 heteroatoms. The summed E-state index contributed by atoms with van der Waals surface area (Å²) in [7, 11) is -2.78. The van der Waals surface area contributed by atoms with Gasteiger partial charge in [-0.1, -0.05) is 12.1 Å². The summed E-state index contributed by atoms with van der Waals surface area (Å²) in [6.07, 6.45) is -0.328. The average Bonchev–Trinajstić information content (AvgIpc) is 2.50. The first-order valence-electron chi connectivity index (χ1n) is 6.90. The third-order valence-corrected chi connectivity index (χ3v) is 4.70. The molecule has 0 atom stereocenters. The van der Waals surface area contributed by atoms with Crippen LogP contribution in [0.25, 0.3) is 0 Å². The minimum atomic E-state index is -4.08. The van der Waals surface area contributed by atoms with Crippen LogP contribution in [0.4, 0.5) is 10.1 Å². The minimum absolute atomic E-state index is 0.0591. The van der Waals surface area contributed by atoms with Gasteiger partial charge in [-0.25, -0.2) is 12.8 Å². The van der Waals surface area contributed by atoms with E-state index < -0.39 is 21.8 Å². The van der Waals surface area contributed by atoms with E-state index in [0.717, 1.165) is 6.07 Å². The second-order valence-corrected chi connectivity index (χ2v) is 6.78. The van der Waals surface area contributed by atoms with Crippen LogP contribution in [0.1, 0.15) is 11.1 Å². The number of hydrogen-bond acceptors (Lipinski definition) is 4. The molecule has 0 aromatic heterocycles. The molecule has 2 aromatic rings. The lowest BCUT2D eigenvalue weighted by atomic mass is 10.1. The van der Waals surface area contributed by atoms with E-state index in [9.17, 15) is 17.6 Å². The highest BCUT2D eigenvalue weighted by molar-refractivity contribution is 7.92. The predicted molar refractivity (Wildman–Crippen MR) is 86.3 cm³/mol. The van der Waals surface area contributed by atoms with Gasteiger partial charge in [0.15, 0.2) is 0 Å². The van der Waals surface area contributed by atoms with Crippen LogP contribution >= 0.6 is 0 Å². The fraction of sp³-hybridized carbons (Fsp3) is 0.188. The van der Waals surface area contributed by atoms with Gasteiger partial charge in [-0.3, -0.25) is 9.52 Å². The normalized spacial score (nSPS) is 11.1. The van der Waals surface area contributed by atoms with Crippen molar-refractivity contribution >= 4 is 21.7 Å². The maximum atomic E-state index is 13.6. The summed E-state index contributed by atoms with van der Waals surface area (Å²) in [5, 5.41) is 8.84. The molecule has 0 spiro atoms. The van der Waals surface area contributed by atoms with Crippen molar-refractivity contribution in [2.24, 2.45) is 0 Å². The minimum Gasteiger partial charge on any atom is -0.495 e. The van der Waals surface area contributed by atoms with Crippen LogP contribution in [-0.2, 0) is 21.2 Å². The molecule has 0 aliphatic heterocycles. The van der Waals surface area contributed by atoms with Crippen LogP contribution in [0.15, 0.2) is 41.3 Å². The summed E-state index contributed by atoms with van der Waals surface area (Å²) in [5.74, 6) is -1.57. The average molecular weight is 353 g/mol. The van der Waals surface area contributed by atoms with Crippen LogP contribution < -0.4 is 9.46 Å². The fourth-order valence-corrected chi connectivity index (χ4v) is 3.35. The Morgan fingerprint density at radius 3 is 2.54 bits per heavy atom. The topological polar surface area (TPSA) is 92.7 Å². The summed E-state index contributed by atoms with van der Waals surface area (Å²) in [5.41, 5.74) is 0.751. The number of rotatable bonds is 6. The number of anilines is 1. The number of halogens is 1. The SMILES string of the molecule is COc1ccc(CC(=O)O)cc1S(=O)(=O)Nc1ccc(C)c(F)c1. The van der Waals surface area contributed by atoms with E-state index in [0.29, 0.717) is 11.1 Å². The molecule has 128 valence electrons. The molecule has 6 nitrogen and oxygen atoms in total. The number of sulfonamides is 1. The van der Waals surface area contributed by atoms with Crippen LogP contribution in [0.5, 0.6) is 5.75 Å². The Balaban J connectivity index is 2.43. The third-order valence-electron chi connectivity index (χ3n) is 3.30. The number of carboxylic acids is 1. The van der Waals surface area contributed by atoms with Crippen LogP contribution in [0, 0.1) is 12.7 Å². The Morgan fingerprint density at radius 2 is 1.96 bits per heavy atom. The Bertz CT molecular complexity index is 880. The number of carbonyl (C=O) groups is 1. The molecular weight excluding hydrogens is 337 g/mol. The number of carboxylic acid groups (broad SMARTS) is 1. The van der Waals surface area contributed by atoms with Gasteiger partial charge in [0.1, 0.15) is 16.5 Å². The monoisotopic (exact) mass is 353 g/mol. The second-order valence-electron chi connectivity index (χ2n) is 5.13. The first kappa shape index (κ1) is 17.7. The quantitative estimate of drug-likeness (QED) is 0.833. The highest BCUT2D eigenvalue weighted by Crippen LogP contribution is 2.27. The zero-order valence-corrected chi connectivity index (χ0v) is 13.9. The fourth-order valence-electron chi connectivity index (χ4n) is 2.08. The number of hydrogen-bond donors (Lipinski definition) is 2. The first-order chi connectivity index (χ1) is 11.2. The molecule has 0 unspecified atom stereocenters. The van der Waals surface area contributed by atoms with Gasteiger partial charge in [0.2, 0.25) is 0 Å². The lowest BCUT2D eigenvalue weighted by molar-refractivity contribution is -0.136. The molecule has 0 amide bonds. The van der Waals surface area contributed by atoms with Gasteiger partial charge in [-0.15, -0.1) is 0 Å². The Kier molecular flexibility index (Phi) is 5.08. The molecule has 0 aliphatic carbocycles. The molecule has 0 saturated carbocycles. The van der Waals surface area contributed by atoms with Crippen molar-refractivity contribution in [2.75, 3.05) is 11.8 Å². The Morgan fingerprint density at radius 1 is 1.25 bits per heavy atom. The molecule has 2 N–H and O–H groups in total. The number of aliphatic carboxylic acids is 1. The molecule has 2 aromatic carbocycles. The van der Waals surface area contributed by atoms with Crippen molar-refractivity contribution in [3.63, 3.8) is 0 Å². The molecule has 0 heterocycles. The molecule has 0 aliphatic rings. The molecular formula is C16H16FNO5S. The van der Waals surface area contributed by atoms with E-state index in [4.69, 9.17) is 9.84 Å². The van der Waals surface area contributed by atoms with Crippen molar-refractivity contribution in [1.82, 2.24) is 0 Å². The first-order valence-corrected chi connectivity index (χ1v) is 8.39. The molecule has 0 saturated heterocycles. The Labute approximate surface area is 138 Å². The van der Waals surface area contributed by atoms with Crippen molar-refractivity contribution in [1.29, 1.82) is 0 Å². The van der Waals surface area contributed by atoms with E-state index >= 15 is 0 Å². The maximum Gasteiger partial charge on any atom is 0.307 e. The van der Waals surface area contributed by atoms with Crippen molar-refractivity contribution in [3.05, 3.63) is 53.3 Å². The molecule has 0 radical (unpaired) electrons. The van der Waals surface area contributed by atoms with Gasteiger partial charge in [0.25, 0.3) is 10.0 Å². The zero-order chi connectivity index (χ0) is 17.9. The van der Waals surface area contributed by atoms with E-state index in [1.165, 1.54) is 37.4 Å². The largest absolute Gasteiger partial charge is 0.495 e. The van der Waals surface area contributed by atoms with Gasteiger partial charge >= 0.3 is 5.97 Å². The Hall–Kier alpha value is -2.61. The standard InChI is InChI=1S/C16H16FNO5S/c1-10-3-5-12(9-13(10)17)18-24(21,22)15-7-11(8-16(19)20)4-6-14(15)23-2/h3-7,9,18H,8H2,1-2H3,(H,19,20). The number of ether oxygens (including phenoxy) is 1. The summed E-state index contributed by atoms with van der Waals surface area (Å²) >= 11 is 0. The van der Waals surface area contributed by atoms with Gasteiger partial charge in [0.05, 0.1) is 19.2 Å². The lowest BCUT2D eigenvalue weighted by Crippen LogP contribution is -2.15. The van der Waals surface area contributed by atoms with E-state index in [-0.39, 0.29) is 22.8 Å². The number of aryl methyl sites for hydroxylation is 1. The van der Waals surface area contributed by atoms with Crippen molar-refractivity contribution in [3.8, 4) is 5.75 Å². The zero-order valence-electron chi connectivity index (χ0n) is 13.0. The summed E-state index contributed by atoms with van der Waals surface area (Å²) in [6.45, 7) is 1.56. The number of methoxy groups -OCH3 is 1. The predicted octanol–water partition coefficient (Wildman–Crippen LogP) is 2.57. The highest BCUT2D eigenvalue weighted by atomic mass is 32.2. The van der Waals surface area contributed by atoms with E-state index in [2.05, 4.69) is 4.72 Å². The van der Waals surface area contributed by atoms with E-state index in [1.54, 1.807) is 6.92 Å². The van der Waals surface area contributed by atoms with Crippen LogP contribution in [-0.4, -0.2) is 26.6 Å². The molecule has 0 bridgehead atoms. The van der Waals surface area contributed by atoms with Gasteiger partial charge < -0.3 is 9.84 Å². The van der Waals surface area contributed by atoms with Crippen LogP contribution in [0.3, 0.4) is 0 Å². The number of benzene rings is 2. The van der Waals surface area contributed by atoms with Gasteiger partial charge in [0, 0.05) is 0 Å².